The molecule has 0 aromatic heterocycles. The average Bonchev–Trinajstić information content (AvgIpc) is 2.58. The molecule has 2 N–H and O–H groups in total. The minimum absolute atomic E-state index is 0.134. The zero-order chi connectivity index (χ0) is 8.44. The molecule has 2 nitrogen and oxygen atoms in total. The van der Waals surface area contributed by atoms with Gasteiger partial charge in [-0.15, -0.1) is 0 Å². The molecule has 0 unspecified atom stereocenters. The van der Waals surface area contributed by atoms with Gasteiger partial charge in [0.2, 0.25) is 0 Å². The van der Waals surface area contributed by atoms with Crippen LogP contribution in [0.1, 0.15) is 38.5 Å². The van der Waals surface area contributed by atoms with E-state index in [1.807, 2.05) is 0 Å². The Morgan fingerprint density at radius 1 is 1.08 bits per heavy atom. The third-order valence-electron chi connectivity index (χ3n) is 3.59. The normalized spacial score (nSPS) is 30.8. The predicted molar refractivity (Wildman–Crippen MR) is 48.9 cm³/mol. The van der Waals surface area contributed by atoms with Crippen LogP contribution in [0.2, 0.25) is 0 Å². The number of hydrogen-bond donors (Lipinski definition) is 1. The molecule has 1 aliphatic carbocycles. The maximum atomic E-state index is 6.38. The number of ether oxygens (including phenoxy) is 1. The third-order valence-corrected chi connectivity index (χ3v) is 3.59. The molecular weight excluding hydrogens is 150 g/mol. The lowest BCUT2D eigenvalue weighted by molar-refractivity contribution is 0.0310. The van der Waals surface area contributed by atoms with Gasteiger partial charge in [-0.25, -0.2) is 0 Å². The molecule has 2 rings (SSSR count). The molecule has 0 aromatic carbocycles. The van der Waals surface area contributed by atoms with E-state index in [2.05, 4.69) is 0 Å². The summed E-state index contributed by atoms with van der Waals surface area (Å²) in [4.78, 5) is 0. The van der Waals surface area contributed by atoms with Crippen molar-refractivity contribution in [3.8, 4) is 0 Å². The molecular formula is C10H19NO. The van der Waals surface area contributed by atoms with E-state index >= 15 is 0 Å². The molecule has 0 amide bonds. The van der Waals surface area contributed by atoms with E-state index in [0.717, 1.165) is 32.0 Å². The Morgan fingerprint density at radius 2 is 1.67 bits per heavy atom. The third kappa shape index (κ3) is 1.50. The first-order valence-electron chi connectivity index (χ1n) is 5.18. The Labute approximate surface area is 74.5 Å². The summed E-state index contributed by atoms with van der Waals surface area (Å²) in [6.07, 6.45) is 7.66. The summed E-state index contributed by atoms with van der Waals surface area (Å²) >= 11 is 0. The van der Waals surface area contributed by atoms with Gasteiger partial charge in [0.1, 0.15) is 0 Å². The Kier molecular flexibility index (Phi) is 2.37. The molecule has 2 aliphatic rings. The first-order valence-corrected chi connectivity index (χ1v) is 5.18. The van der Waals surface area contributed by atoms with Crippen molar-refractivity contribution in [3.63, 3.8) is 0 Å². The van der Waals surface area contributed by atoms with Crippen LogP contribution in [0.15, 0.2) is 0 Å². The zero-order valence-electron chi connectivity index (χ0n) is 7.72. The maximum Gasteiger partial charge on any atom is 0.0483 e. The van der Waals surface area contributed by atoms with E-state index in [1.54, 1.807) is 0 Å². The fraction of sp³-hybridized carbons (Fsp3) is 1.00. The molecule has 0 spiro atoms. The van der Waals surface area contributed by atoms with Gasteiger partial charge in [0.25, 0.3) is 0 Å². The van der Waals surface area contributed by atoms with Crippen molar-refractivity contribution in [1.29, 1.82) is 0 Å². The Hall–Kier alpha value is -0.0800. The molecule has 12 heavy (non-hydrogen) atoms. The van der Waals surface area contributed by atoms with Crippen molar-refractivity contribution in [1.82, 2.24) is 0 Å². The van der Waals surface area contributed by atoms with Crippen molar-refractivity contribution in [2.75, 3.05) is 13.2 Å². The topological polar surface area (TPSA) is 35.2 Å². The van der Waals surface area contributed by atoms with Crippen LogP contribution in [0.3, 0.4) is 0 Å². The molecule has 1 aliphatic heterocycles. The van der Waals surface area contributed by atoms with Crippen LogP contribution in [-0.4, -0.2) is 18.8 Å². The monoisotopic (exact) mass is 169 g/mol. The Balaban J connectivity index is 1.97. The highest BCUT2D eigenvalue weighted by atomic mass is 16.5. The van der Waals surface area contributed by atoms with Gasteiger partial charge in [-0.05, 0) is 31.6 Å². The summed E-state index contributed by atoms with van der Waals surface area (Å²) in [7, 11) is 0. The van der Waals surface area contributed by atoms with Gasteiger partial charge in [0, 0.05) is 18.8 Å². The van der Waals surface area contributed by atoms with E-state index in [9.17, 15) is 0 Å². The second kappa shape index (κ2) is 3.35. The van der Waals surface area contributed by atoms with Crippen LogP contribution in [0, 0.1) is 5.92 Å². The van der Waals surface area contributed by atoms with Crippen molar-refractivity contribution >= 4 is 0 Å². The summed E-state index contributed by atoms with van der Waals surface area (Å²) < 4.78 is 5.34. The van der Waals surface area contributed by atoms with Crippen LogP contribution in [0.25, 0.3) is 0 Å². The van der Waals surface area contributed by atoms with Crippen LogP contribution in [0.5, 0.6) is 0 Å². The Morgan fingerprint density at radius 3 is 2.25 bits per heavy atom. The minimum atomic E-state index is 0.134. The van der Waals surface area contributed by atoms with E-state index in [1.165, 1.54) is 25.7 Å². The van der Waals surface area contributed by atoms with Gasteiger partial charge in [-0.2, -0.15) is 0 Å². The van der Waals surface area contributed by atoms with E-state index in [0.29, 0.717) is 0 Å². The van der Waals surface area contributed by atoms with Gasteiger partial charge >= 0.3 is 0 Å². The standard InChI is InChI=1S/C10H19NO/c11-10(5-7-12-8-6-10)9-3-1-2-4-9/h9H,1-8,11H2. The number of nitrogens with two attached hydrogens (primary N) is 1. The summed E-state index contributed by atoms with van der Waals surface area (Å²) in [6.45, 7) is 1.76. The van der Waals surface area contributed by atoms with Crippen molar-refractivity contribution in [3.05, 3.63) is 0 Å². The van der Waals surface area contributed by atoms with Gasteiger partial charge < -0.3 is 10.5 Å². The SMILES string of the molecule is NC1(C2CCCC2)CCOCC1. The zero-order valence-corrected chi connectivity index (χ0v) is 7.72. The lowest BCUT2D eigenvalue weighted by atomic mass is 9.78. The molecule has 1 saturated carbocycles. The Bertz CT molecular complexity index is 146. The highest BCUT2D eigenvalue weighted by molar-refractivity contribution is 4.94. The number of hydrogen-bond acceptors (Lipinski definition) is 2. The van der Waals surface area contributed by atoms with Crippen LogP contribution >= 0.6 is 0 Å². The highest BCUT2D eigenvalue weighted by Crippen LogP contribution is 2.37. The van der Waals surface area contributed by atoms with Crippen LogP contribution < -0.4 is 5.73 Å². The van der Waals surface area contributed by atoms with Crippen LogP contribution in [0.4, 0.5) is 0 Å². The average molecular weight is 169 g/mol. The molecule has 1 saturated heterocycles. The maximum absolute atomic E-state index is 6.38. The quantitative estimate of drug-likeness (QED) is 0.648. The minimum Gasteiger partial charge on any atom is -0.381 e. The van der Waals surface area contributed by atoms with Crippen molar-refractivity contribution < 1.29 is 4.74 Å². The summed E-state index contributed by atoms with van der Waals surface area (Å²) in [5, 5.41) is 0. The molecule has 0 radical (unpaired) electrons. The molecule has 1 heterocycles. The molecule has 2 heteroatoms. The fourth-order valence-corrected chi connectivity index (χ4v) is 2.66. The van der Waals surface area contributed by atoms with E-state index < -0.39 is 0 Å². The van der Waals surface area contributed by atoms with Gasteiger partial charge in [0.05, 0.1) is 0 Å². The molecule has 0 atom stereocenters. The predicted octanol–water partition coefficient (Wildman–Crippen LogP) is 1.68. The van der Waals surface area contributed by atoms with Crippen LogP contribution in [-0.2, 0) is 4.74 Å². The first kappa shape index (κ1) is 8.52. The number of rotatable bonds is 1. The lowest BCUT2D eigenvalue weighted by Gasteiger charge is -2.38. The second-order valence-corrected chi connectivity index (χ2v) is 4.33. The smallest absolute Gasteiger partial charge is 0.0483 e. The first-order chi connectivity index (χ1) is 5.81. The van der Waals surface area contributed by atoms with Gasteiger partial charge in [-0.1, -0.05) is 12.8 Å². The summed E-state index contributed by atoms with van der Waals surface area (Å²) in [5.74, 6) is 0.793. The largest absolute Gasteiger partial charge is 0.381 e. The van der Waals surface area contributed by atoms with Crippen molar-refractivity contribution in [2.45, 2.75) is 44.1 Å². The van der Waals surface area contributed by atoms with E-state index in [-0.39, 0.29) is 5.54 Å². The van der Waals surface area contributed by atoms with Gasteiger partial charge in [0.15, 0.2) is 0 Å². The van der Waals surface area contributed by atoms with Crippen molar-refractivity contribution in [2.24, 2.45) is 11.7 Å². The molecule has 0 bridgehead atoms. The summed E-state index contributed by atoms with van der Waals surface area (Å²) in [5.41, 5.74) is 6.52. The fourth-order valence-electron chi connectivity index (χ4n) is 2.66. The molecule has 70 valence electrons. The highest BCUT2D eigenvalue weighted by Gasteiger charge is 2.37. The molecule has 2 fully saturated rings. The molecule has 0 aromatic rings. The van der Waals surface area contributed by atoms with Gasteiger partial charge in [-0.3, -0.25) is 0 Å². The second-order valence-electron chi connectivity index (χ2n) is 4.33. The van der Waals surface area contributed by atoms with E-state index in [4.69, 9.17) is 10.5 Å². The lowest BCUT2D eigenvalue weighted by Crippen LogP contribution is -2.50. The summed E-state index contributed by atoms with van der Waals surface area (Å²) in [6, 6.07) is 0.